The summed E-state index contributed by atoms with van der Waals surface area (Å²) in [5.74, 6) is -0.0174. The number of aryl methyl sites for hydroxylation is 2. The van der Waals surface area contributed by atoms with E-state index >= 15 is 0 Å². The van der Waals surface area contributed by atoms with Gasteiger partial charge in [-0.15, -0.1) is 0 Å². The first-order valence-corrected chi connectivity index (χ1v) is 6.99. The van der Waals surface area contributed by atoms with E-state index in [4.69, 9.17) is 0 Å². The molecule has 2 rings (SSSR count). The minimum absolute atomic E-state index is 0.0174. The van der Waals surface area contributed by atoms with Crippen molar-refractivity contribution in [2.24, 2.45) is 0 Å². The van der Waals surface area contributed by atoms with Crippen LogP contribution in [0.1, 0.15) is 40.9 Å². The number of rotatable bonds is 4. The van der Waals surface area contributed by atoms with Gasteiger partial charge < -0.3 is 10.2 Å². The molecular weight excluding hydrogens is 238 g/mol. The van der Waals surface area contributed by atoms with E-state index in [9.17, 15) is 4.79 Å². The monoisotopic (exact) mass is 261 g/mol. The summed E-state index contributed by atoms with van der Waals surface area (Å²) in [5, 5.41) is 2.99. The summed E-state index contributed by atoms with van der Waals surface area (Å²) in [5.41, 5.74) is 2.69. The van der Waals surface area contributed by atoms with E-state index in [1.807, 2.05) is 19.9 Å². The lowest BCUT2D eigenvalue weighted by molar-refractivity contribution is 0.0950. The van der Waals surface area contributed by atoms with Gasteiger partial charge in [-0.3, -0.25) is 9.78 Å². The highest BCUT2D eigenvalue weighted by Gasteiger charge is 2.20. The van der Waals surface area contributed by atoms with E-state index in [0.29, 0.717) is 11.6 Å². The molecule has 104 valence electrons. The first-order chi connectivity index (χ1) is 9.08. The molecule has 0 aliphatic carbocycles. The number of nitrogens with zero attached hydrogens (tertiary/aromatic N) is 2. The summed E-state index contributed by atoms with van der Waals surface area (Å²) in [6, 6.07) is 2.53. The lowest BCUT2D eigenvalue weighted by Crippen LogP contribution is -2.31. The minimum atomic E-state index is -0.0174. The Morgan fingerprint density at radius 2 is 2.32 bits per heavy atom. The molecule has 0 bridgehead atoms. The molecule has 1 amide bonds. The van der Waals surface area contributed by atoms with Crippen LogP contribution in [-0.2, 0) is 0 Å². The van der Waals surface area contributed by atoms with Crippen molar-refractivity contribution in [2.45, 2.75) is 39.2 Å². The third kappa shape index (κ3) is 3.53. The molecule has 0 radical (unpaired) electrons. The van der Waals surface area contributed by atoms with Crippen molar-refractivity contribution in [2.75, 3.05) is 20.1 Å². The second-order valence-electron chi connectivity index (χ2n) is 5.45. The molecule has 4 heteroatoms. The average molecular weight is 261 g/mol. The SMILES string of the molecule is Cc1cc(C(=O)NCC[C@@H]2CCCN2C)cnc1C. The summed E-state index contributed by atoms with van der Waals surface area (Å²) in [4.78, 5) is 18.6. The van der Waals surface area contributed by atoms with Gasteiger partial charge >= 0.3 is 0 Å². The number of aromatic nitrogens is 1. The summed E-state index contributed by atoms with van der Waals surface area (Å²) in [6.45, 7) is 5.85. The molecule has 1 N–H and O–H groups in total. The van der Waals surface area contributed by atoms with Gasteiger partial charge in [0.15, 0.2) is 0 Å². The maximum atomic E-state index is 12.0. The maximum Gasteiger partial charge on any atom is 0.252 e. The van der Waals surface area contributed by atoms with Gasteiger partial charge in [0.25, 0.3) is 5.91 Å². The fourth-order valence-electron chi connectivity index (χ4n) is 2.57. The van der Waals surface area contributed by atoms with Crippen molar-refractivity contribution in [1.82, 2.24) is 15.2 Å². The summed E-state index contributed by atoms with van der Waals surface area (Å²) in [6.07, 6.45) is 5.20. The number of carbonyl (C=O) groups is 1. The number of hydrogen-bond acceptors (Lipinski definition) is 3. The Bertz CT molecular complexity index is 459. The molecular formula is C15H23N3O. The van der Waals surface area contributed by atoms with E-state index in [1.54, 1.807) is 6.20 Å². The maximum absolute atomic E-state index is 12.0. The Kier molecular flexibility index (Phi) is 4.53. The van der Waals surface area contributed by atoms with Gasteiger partial charge in [0, 0.05) is 24.5 Å². The van der Waals surface area contributed by atoms with E-state index in [-0.39, 0.29) is 5.91 Å². The number of amides is 1. The largest absolute Gasteiger partial charge is 0.352 e. The van der Waals surface area contributed by atoms with Crippen LogP contribution in [0.5, 0.6) is 0 Å². The van der Waals surface area contributed by atoms with Crippen molar-refractivity contribution in [3.05, 3.63) is 29.1 Å². The lowest BCUT2D eigenvalue weighted by atomic mass is 10.1. The molecule has 1 saturated heterocycles. The van der Waals surface area contributed by atoms with Gasteiger partial charge in [-0.2, -0.15) is 0 Å². The molecule has 1 aromatic heterocycles. The number of hydrogen-bond donors (Lipinski definition) is 1. The van der Waals surface area contributed by atoms with Crippen molar-refractivity contribution >= 4 is 5.91 Å². The molecule has 0 aromatic carbocycles. The predicted molar refractivity (Wildman–Crippen MR) is 76.3 cm³/mol. The van der Waals surface area contributed by atoms with Crippen LogP contribution in [0.3, 0.4) is 0 Å². The molecule has 2 heterocycles. The normalized spacial score (nSPS) is 19.6. The Morgan fingerprint density at radius 3 is 2.95 bits per heavy atom. The zero-order valence-corrected chi connectivity index (χ0v) is 12.1. The standard InChI is InChI=1S/C15H23N3O/c1-11-9-13(10-17-12(11)2)15(19)16-7-6-14-5-4-8-18(14)3/h9-10,14H,4-8H2,1-3H3,(H,16,19)/t14-/m0/s1. The Hall–Kier alpha value is -1.42. The van der Waals surface area contributed by atoms with Crippen molar-refractivity contribution in [1.29, 1.82) is 0 Å². The van der Waals surface area contributed by atoms with E-state index in [0.717, 1.165) is 24.2 Å². The third-order valence-corrected chi connectivity index (χ3v) is 4.04. The topological polar surface area (TPSA) is 45.2 Å². The lowest BCUT2D eigenvalue weighted by Gasteiger charge is -2.19. The van der Waals surface area contributed by atoms with Crippen LogP contribution in [0.2, 0.25) is 0 Å². The summed E-state index contributed by atoms with van der Waals surface area (Å²) in [7, 11) is 2.16. The number of pyridine rings is 1. The van der Waals surface area contributed by atoms with Crippen molar-refractivity contribution in [3.8, 4) is 0 Å². The smallest absolute Gasteiger partial charge is 0.252 e. The first kappa shape index (κ1) is 14.0. The van der Waals surface area contributed by atoms with Crippen molar-refractivity contribution in [3.63, 3.8) is 0 Å². The predicted octanol–water partition coefficient (Wildman–Crippen LogP) is 1.91. The molecule has 1 aliphatic rings. The van der Waals surface area contributed by atoms with Crippen LogP contribution in [0.25, 0.3) is 0 Å². The molecule has 0 unspecified atom stereocenters. The molecule has 0 saturated carbocycles. The third-order valence-electron chi connectivity index (χ3n) is 4.04. The van der Waals surface area contributed by atoms with Crippen LogP contribution in [-0.4, -0.2) is 42.0 Å². The Labute approximate surface area is 115 Å². The van der Waals surface area contributed by atoms with Crippen molar-refractivity contribution < 1.29 is 4.79 Å². The number of carbonyl (C=O) groups excluding carboxylic acids is 1. The van der Waals surface area contributed by atoms with E-state index in [2.05, 4.69) is 22.2 Å². The fourth-order valence-corrected chi connectivity index (χ4v) is 2.57. The van der Waals surface area contributed by atoms with Crippen LogP contribution in [0, 0.1) is 13.8 Å². The van der Waals surface area contributed by atoms with E-state index in [1.165, 1.54) is 19.4 Å². The van der Waals surface area contributed by atoms with Crippen LogP contribution in [0.15, 0.2) is 12.3 Å². The van der Waals surface area contributed by atoms with Gasteiger partial charge in [-0.05, 0) is 58.3 Å². The first-order valence-electron chi connectivity index (χ1n) is 6.99. The second kappa shape index (κ2) is 6.15. The van der Waals surface area contributed by atoms with Crippen LogP contribution >= 0.6 is 0 Å². The highest BCUT2D eigenvalue weighted by molar-refractivity contribution is 5.94. The van der Waals surface area contributed by atoms with Gasteiger partial charge in [-0.25, -0.2) is 0 Å². The Morgan fingerprint density at radius 1 is 1.53 bits per heavy atom. The van der Waals surface area contributed by atoms with Gasteiger partial charge in [0.1, 0.15) is 0 Å². The fraction of sp³-hybridized carbons (Fsp3) is 0.600. The zero-order valence-electron chi connectivity index (χ0n) is 12.1. The molecule has 1 atom stereocenters. The molecule has 1 aromatic rings. The number of likely N-dealkylation sites (tertiary alicyclic amines) is 1. The highest BCUT2D eigenvalue weighted by atomic mass is 16.1. The van der Waals surface area contributed by atoms with E-state index < -0.39 is 0 Å². The van der Waals surface area contributed by atoms with Crippen LogP contribution < -0.4 is 5.32 Å². The zero-order chi connectivity index (χ0) is 13.8. The number of nitrogens with one attached hydrogen (secondary N) is 1. The summed E-state index contributed by atoms with van der Waals surface area (Å²) >= 11 is 0. The molecule has 0 spiro atoms. The second-order valence-corrected chi connectivity index (χ2v) is 5.45. The van der Waals surface area contributed by atoms with Crippen LogP contribution in [0.4, 0.5) is 0 Å². The van der Waals surface area contributed by atoms with Gasteiger partial charge in [-0.1, -0.05) is 0 Å². The van der Waals surface area contributed by atoms with Gasteiger partial charge in [0.2, 0.25) is 0 Å². The van der Waals surface area contributed by atoms with Gasteiger partial charge in [0.05, 0.1) is 5.56 Å². The molecule has 1 fully saturated rings. The molecule has 19 heavy (non-hydrogen) atoms. The minimum Gasteiger partial charge on any atom is -0.352 e. The molecule has 1 aliphatic heterocycles. The average Bonchev–Trinajstić information content (AvgIpc) is 2.78. The Balaban J connectivity index is 1.82. The molecule has 4 nitrogen and oxygen atoms in total. The quantitative estimate of drug-likeness (QED) is 0.900. The summed E-state index contributed by atoms with van der Waals surface area (Å²) < 4.78 is 0. The highest BCUT2D eigenvalue weighted by Crippen LogP contribution is 2.17.